The molecule has 0 saturated carbocycles. The molecule has 0 amide bonds. The van der Waals surface area contributed by atoms with Crippen LogP contribution in [-0.4, -0.2) is 21.3 Å². The number of hydrogen-bond acceptors (Lipinski definition) is 4. The minimum atomic E-state index is -0.137. The fourth-order valence-corrected chi connectivity index (χ4v) is 2.95. The fraction of sp³-hybridized carbons (Fsp3) is 0.304. The maximum atomic E-state index is 11.8. The standard InChI is InChI=1S/C21H23N3O2.C2H6/c1-24-20(26)14-19(23-21(24)22)9-8-15-4-2-6-17(12-15)18-7-3-5-16(13-18)10-11-25;1-2/h2-7,12-14,25H,8-11H2,1H3,(H2,22,23);1-2H3. The number of aromatic nitrogens is 2. The van der Waals surface area contributed by atoms with Crippen LogP contribution in [0.2, 0.25) is 0 Å². The Kier molecular flexibility index (Phi) is 7.96. The van der Waals surface area contributed by atoms with Crippen molar-refractivity contribution in [2.45, 2.75) is 33.1 Å². The van der Waals surface area contributed by atoms with Crippen LogP contribution in [0.25, 0.3) is 11.1 Å². The molecule has 28 heavy (non-hydrogen) atoms. The van der Waals surface area contributed by atoms with Gasteiger partial charge in [0.05, 0.1) is 5.69 Å². The quantitative estimate of drug-likeness (QED) is 0.688. The summed E-state index contributed by atoms with van der Waals surface area (Å²) in [7, 11) is 1.61. The molecule has 0 saturated heterocycles. The molecule has 0 unspecified atom stereocenters. The van der Waals surface area contributed by atoms with E-state index in [0.29, 0.717) is 18.5 Å². The highest BCUT2D eigenvalue weighted by Gasteiger charge is 2.05. The van der Waals surface area contributed by atoms with Crippen molar-refractivity contribution >= 4 is 5.95 Å². The van der Waals surface area contributed by atoms with E-state index in [0.717, 1.165) is 23.1 Å². The van der Waals surface area contributed by atoms with E-state index in [-0.39, 0.29) is 18.1 Å². The van der Waals surface area contributed by atoms with Gasteiger partial charge in [-0.25, -0.2) is 4.98 Å². The van der Waals surface area contributed by atoms with Gasteiger partial charge >= 0.3 is 0 Å². The van der Waals surface area contributed by atoms with Crippen molar-refractivity contribution in [1.82, 2.24) is 9.55 Å². The predicted molar refractivity (Wildman–Crippen MR) is 115 cm³/mol. The Labute approximate surface area is 166 Å². The van der Waals surface area contributed by atoms with Gasteiger partial charge in [-0.2, -0.15) is 0 Å². The Morgan fingerprint density at radius 1 is 0.929 bits per heavy atom. The van der Waals surface area contributed by atoms with E-state index < -0.39 is 0 Å². The monoisotopic (exact) mass is 379 g/mol. The molecular weight excluding hydrogens is 350 g/mol. The van der Waals surface area contributed by atoms with Crippen molar-refractivity contribution in [2.75, 3.05) is 12.3 Å². The number of aryl methyl sites for hydroxylation is 2. The van der Waals surface area contributed by atoms with Crippen molar-refractivity contribution in [2.24, 2.45) is 7.05 Å². The van der Waals surface area contributed by atoms with Crippen molar-refractivity contribution in [1.29, 1.82) is 0 Å². The molecule has 0 aliphatic rings. The zero-order chi connectivity index (χ0) is 20.5. The Hall–Kier alpha value is -2.92. The first-order chi connectivity index (χ1) is 13.6. The number of hydrogen-bond donors (Lipinski definition) is 2. The van der Waals surface area contributed by atoms with Crippen molar-refractivity contribution in [3.05, 3.63) is 81.8 Å². The SMILES string of the molecule is CC.Cn1c(N)nc(CCc2cccc(-c3cccc(CCO)c3)c2)cc1=O. The third kappa shape index (κ3) is 5.54. The summed E-state index contributed by atoms with van der Waals surface area (Å²) in [5.74, 6) is 0.238. The molecule has 148 valence electrons. The van der Waals surface area contributed by atoms with Crippen LogP contribution >= 0.6 is 0 Å². The summed E-state index contributed by atoms with van der Waals surface area (Å²) < 4.78 is 1.34. The molecule has 0 aliphatic heterocycles. The van der Waals surface area contributed by atoms with E-state index >= 15 is 0 Å². The second-order valence-electron chi connectivity index (χ2n) is 6.38. The van der Waals surface area contributed by atoms with E-state index in [9.17, 15) is 4.79 Å². The van der Waals surface area contributed by atoms with Crippen molar-refractivity contribution in [3.8, 4) is 11.1 Å². The molecule has 3 aromatic rings. The minimum absolute atomic E-state index is 0.137. The summed E-state index contributed by atoms with van der Waals surface area (Å²) in [5.41, 5.74) is 10.9. The molecule has 0 aliphatic carbocycles. The highest BCUT2D eigenvalue weighted by atomic mass is 16.2. The van der Waals surface area contributed by atoms with Gasteiger partial charge in [0, 0.05) is 19.7 Å². The topological polar surface area (TPSA) is 81.1 Å². The number of rotatable bonds is 6. The molecule has 5 nitrogen and oxygen atoms in total. The Balaban J connectivity index is 0.00000136. The lowest BCUT2D eigenvalue weighted by Gasteiger charge is -2.08. The third-order valence-corrected chi connectivity index (χ3v) is 4.48. The summed E-state index contributed by atoms with van der Waals surface area (Å²) >= 11 is 0. The van der Waals surface area contributed by atoms with Crippen LogP contribution in [-0.2, 0) is 26.3 Å². The molecule has 3 rings (SSSR count). The molecule has 0 atom stereocenters. The molecule has 1 aromatic heterocycles. The second kappa shape index (κ2) is 10.4. The van der Waals surface area contributed by atoms with Gasteiger partial charge in [-0.3, -0.25) is 9.36 Å². The van der Waals surface area contributed by atoms with E-state index in [1.807, 2.05) is 32.0 Å². The fourth-order valence-electron chi connectivity index (χ4n) is 2.95. The molecule has 2 aromatic carbocycles. The number of aliphatic hydroxyl groups excluding tert-OH is 1. The summed E-state index contributed by atoms with van der Waals surface area (Å²) in [6, 6.07) is 18.1. The van der Waals surface area contributed by atoms with Gasteiger partial charge in [0.15, 0.2) is 0 Å². The van der Waals surface area contributed by atoms with Crippen LogP contribution in [0.3, 0.4) is 0 Å². The lowest BCUT2D eigenvalue weighted by Crippen LogP contribution is -2.21. The number of anilines is 1. The second-order valence-corrected chi connectivity index (χ2v) is 6.38. The maximum absolute atomic E-state index is 11.8. The maximum Gasteiger partial charge on any atom is 0.254 e. The zero-order valence-electron chi connectivity index (χ0n) is 16.9. The molecule has 1 heterocycles. The van der Waals surface area contributed by atoms with Crippen LogP contribution in [0.5, 0.6) is 0 Å². The minimum Gasteiger partial charge on any atom is -0.396 e. The number of aliphatic hydroxyl groups is 1. The molecule has 0 spiro atoms. The van der Waals surface area contributed by atoms with Crippen LogP contribution in [0, 0.1) is 0 Å². The molecule has 0 bridgehead atoms. The number of nitrogens with zero attached hydrogens (tertiary/aromatic N) is 2. The smallest absolute Gasteiger partial charge is 0.254 e. The Morgan fingerprint density at radius 3 is 2.04 bits per heavy atom. The largest absolute Gasteiger partial charge is 0.396 e. The molecule has 3 N–H and O–H groups in total. The summed E-state index contributed by atoms with van der Waals surface area (Å²) in [6.07, 6.45) is 2.10. The predicted octanol–water partition coefficient (Wildman–Crippen LogP) is 3.38. The van der Waals surface area contributed by atoms with Crippen LogP contribution in [0.4, 0.5) is 5.95 Å². The first-order valence-corrected chi connectivity index (χ1v) is 9.68. The Morgan fingerprint density at radius 2 is 1.50 bits per heavy atom. The van der Waals surface area contributed by atoms with Gasteiger partial charge in [-0.15, -0.1) is 0 Å². The van der Waals surface area contributed by atoms with Gasteiger partial charge in [-0.05, 0) is 41.5 Å². The van der Waals surface area contributed by atoms with E-state index in [1.165, 1.54) is 10.1 Å². The first-order valence-electron chi connectivity index (χ1n) is 9.68. The molecule has 0 radical (unpaired) electrons. The Bertz CT molecular complexity index is 964. The number of benzene rings is 2. The average Bonchev–Trinajstić information content (AvgIpc) is 2.72. The summed E-state index contributed by atoms with van der Waals surface area (Å²) in [4.78, 5) is 16.1. The normalized spacial score (nSPS) is 10.3. The number of nitrogens with two attached hydrogens (primary N) is 1. The van der Waals surface area contributed by atoms with E-state index in [4.69, 9.17) is 10.8 Å². The lowest BCUT2D eigenvalue weighted by molar-refractivity contribution is 0.299. The molecular formula is C23H29N3O2. The van der Waals surface area contributed by atoms with Crippen LogP contribution in [0.15, 0.2) is 59.4 Å². The first kappa shape index (κ1) is 21.4. The summed E-state index contributed by atoms with van der Waals surface area (Å²) in [6.45, 7) is 4.15. The lowest BCUT2D eigenvalue weighted by atomic mass is 9.98. The van der Waals surface area contributed by atoms with Gasteiger partial charge in [0.1, 0.15) is 0 Å². The van der Waals surface area contributed by atoms with Crippen LogP contribution < -0.4 is 11.3 Å². The van der Waals surface area contributed by atoms with Gasteiger partial charge in [0.2, 0.25) is 5.95 Å². The van der Waals surface area contributed by atoms with Crippen molar-refractivity contribution < 1.29 is 5.11 Å². The molecule has 5 heteroatoms. The van der Waals surface area contributed by atoms with E-state index in [2.05, 4.69) is 35.3 Å². The van der Waals surface area contributed by atoms with Gasteiger partial charge in [0.25, 0.3) is 5.56 Å². The third-order valence-electron chi connectivity index (χ3n) is 4.48. The van der Waals surface area contributed by atoms with E-state index in [1.54, 1.807) is 13.1 Å². The average molecular weight is 380 g/mol. The van der Waals surface area contributed by atoms with Crippen molar-refractivity contribution in [3.63, 3.8) is 0 Å². The van der Waals surface area contributed by atoms with Gasteiger partial charge in [-0.1, -0.05) is 62.4 Å². The van der Waals surface area contributed by atoms with Crippen LogP contribution in [0.1, 0.15) is 30.7 Å². The summed E-state index contributed by atoms with van der Waals surface area (Å²) in [5, 5.41) is 9.12. The van der Waals surface area contributed by atoms with Gasteiger partial charge < -0.3 is 10.8 Å². The zero-order valence-corrected chi connectivity index (χ0v) is 16.9. The number of nitrogen functional groups attached to an aromatic ring is 1. The highest BCUT2D eigenvalue weighted by molar-refractivity contribution is 5.65. The highest BCUT2D eigenvalue weighted by Crippen LogP contribution is 2.22. The molecule has 0 fully saturated rings.